The van der Waals surface area contributed by atoms with Gasteiger partial charge in [0.1, 0.15) is 5.75 Å². The van der Waals surface area contributed by atoms with Gasteiger partial charge >= 0.3 is 0 Å². The van der Waals surface area contributed by atoms with Crippen LogP contribution in [0.15, 0.2) is 48.5 Å². The molecule has 2 aromatic carbocycles. The summed E-state index contributed by atoms with van der Waals surface area (Å²) in [5, 5.41) is 3.05. The van der Waals surface area contributed by atoms with E-state index in [1.54, 1.807) is 12.0 Å². The fourth-order valence-electron chi connectivity index (χ4n) is 4.15. The first-order valence-corrected chi connectivity index (χ1v) is 10.2. The zero-order chi connectivity index (χ0) is 20.2. The van der Waals surface area contributed by atoms with Crippen LogP contribution in [-0.2, 0) is 16.1 Å². The van der Waals surface area contributed by atoms with Crippen molar-refractivity contribution < 1.29 is 14.3 Å². The first-order chi connectivity index (χ1) is 14.2. The quantitative estimate of drug-likeness (QED) is 0.820. The third-order valence-corrected chi connectivity index (χ3v) is 5.77. The summed E-state index contributed by atoms with van der Waals surface area (Å²) in [5.74, 6) is 0.327. The molecule has 2 aliphatic rings. The summed E-state index contributed by atoms with van der Waals surface area (Å²) < 4.78 is 5.17. The number of para-hydroxylation sites is 1. The normalized spacial score (nSPS) is 18.9. The predicted molar refractivity (Wildman–Crippen MR) is 113 cm³/mol. The SMILES string of the molecule is COc1ccc(N2CC(C(=O)NCc3ccccc3N3CCCC3)CC2=O)cc1. The Bertz CT molecular complexity index is 875. The minimum atomic E-state index is -0.330. The van der Waals surface area contributed by atoms with Crippen LogP contribution in [0.2, 0.25) is 0 Å². The van der Waals surface area contributed by atoms with Gasteiger partial charge in [0.25, 0.3) is 0 Å². The smallest absolute Gasteiger partial charge is 0.227 e. The highest BCUT2D eigenvalue weighted by atomic mass is 16.5. The monoisotopic (exact) mass is 393 g/mol. The highest BCUT2D eigenvalue weighted by molar-refractivity contribution is 6.00. The number of rotatable bonds is 6. The van der Waals surface area contributed by atoms with E-state index in [-0.39, 0.29) is 24.2 Å². The van der Waals surface area contributed by atoms with E-state index in [1.807, 2.05) is 36.4 Å². The zero-order valence-corrected chi connectivity index (χ0v) is 16.8. The van der Waals surface area contributed by atoms with E-state index in [9.17, 15) is 9.59 Å². The maximum absolute atomic E-state index is 12.8. The molecule has 2 heterocycles. The number of benzene rings is 2. The number of methoxy groups -OCH3 is 1. The topological polar surface area (TPSA) is 61.9 Å². The van der Waals surface area contributed by atoms with Crippen LogP contribution in [0.3, 0.4) is 0 Å². The number of nitrogens with zero attached hydrogens (tertiary/aromatic N) is 2. The number of hydrogen-bond donors (Lipinski definition) is 1. The molecule has 1 atom stereocenters. The Hall–Kier alpha value is -3.02. The van der Waals surface area contributed by atoms with Crippen LogP contribution in [0.25, 0.3) is 0 Å². The maximum atomic E-state index is 12.8. The van der Waals surface area contributed by atoms with Crippen LogP contribution in [-0.4, -0.2) is 38.6 Å². The minimum absolute atomic E-state index is 0.0206. The molecule has 6 heteroatoms. The first kappa shape index (κ1) is 19.3. The van der Waals surface area contributed by atoms with Crippen molar-refractivity contribution in [3.05, 3.63) is 54.1 Å². The summed E-state index contributed by atoms with van der Waals surface area (Å²) >= 11 is 0. The molecule has 0 bridgehead atoms. The Morgan fingerprint density at radius 2 is 1.83 bits per heavy atom. The molecule has 2 fully saturated rings. The first-order valence-electron chi connectivity index (χ1n) is 10.2. The lowest BCUT2D eigenvalue weighted by Crippen LogP contribution is -2.33. The molecule has 2 aromatic rings. The molecule has 29 heavy (non-hydrogen) atoms. The number of nitrogens with one attached hydrogen (secondary N) is 1. The van der Waals surface area contributed by atoms with Gasteiger partial charge in [-0.05, 0) is 48.7 Å². The van der Waals surface area contributed by atoms with Crippen molar-refractivity contribution >= 4 is 23.2 Å². The number of carbonyl (C=O) groups is 2. The van der Waals surface area contributed by atoms with E-state index >= 15 is 0 Å². The van der Waals surface area contributed by atoms with E-state index < -0.39 is 0 Å². The molecule has 2 saturated heterocycles. The highest BCUT2D eigenvalue weighted by Gasteiger charge is 2.35. The summed E-state index contributed by atoms with van der Waals surface area (Å²) in [6, 6.07) is 15.6. The third kappa shape index (κ3) is 4.21. The molecule has 6 nitrogen and oxygen atoms in total. The molecule has 2 amide bonds. The Labute approximate surface area is 171 Å². The lowest BCUT2D eigenvalue weighted by atomic mass is 10.1. The van der Waals surface area contributed by atoms with Gasteiger partial charge in [0.2, 0.25) is 11.8 Å². The van der Waals surface area contributed by atoms with Crippen molar-refractivity contribution in [2.45, 2.75) is 25.8 Å². The molecule has 0 aliphatic carbocycles. The molecule has 0 spiro atoms. The van der Waals surface area contributed by atoms with Crippen LogP contribution >= 0.6 is 0 Å². The van der Waals surface area contributed by atoms with Gasteiger partial charge in [-0.2, -0.15) is 0 Å². The Balaban J connectivity index is 1.38. The van der Waals surface area contributed by atoms with Crippen LogP contribution in [0.4, 0.5) is 11.4 Å². The standard InChI is InChI=1S/C23H27N3O3/c1-29-20-10-8-19(9-11-20)26-16-18(14-22(26)27)23(28)24-15-17-6-2-3-7-21(17)25-12-4-5-13-25/h2-3,6-11,18H,4-5,12-16H2,1H3,(H,24,28). The molecule has 0 aromatic heterocycles. The molecule has 1 unspecified atom stereocenters. The van der Waals surface area contributed by atoms with Gasteiger partial charge in [0.05, 0.1) is 13.0 Å². The lowest BCUT2D eigenvalue weighted by Gasteiger charge is -2.22. The number of amides is 2. The minimum Gasteiger partial charge on any atom is -0.497 e. The van der Waals surface area contributed by atoms with Crippen molar-refractivity contribution in [2.24, 2.45) is 5.92 Å². The van der Waals surface area contributed by atoms with Crippen molar-refractivity contribution in [2.75, 3.05) is 36.5 Å². The van der Waals surface area contributed by atoms with E-state index in [0.717, 1.165) is 30.1 Å². The lowest BCUT2D eigenvalue weighted by molar-refractivity contribution is -0.126. The van der Waals surface area contributed by atoms with Crippen molar-refractivity contribution in [3.63, 3.8) is 0 Å². The molecular weight excluding hydrogens is 366 g/mol. The zero-order valence-electron chi connectivity index (χ0n) is 16.8. The second-order valence-corrected chi connectivity index (χ2v) is 7.64. The van der Waals surface area contributed by atoms with Gasteiger partial charge < -0.3 is 19.9 Å². The average molecular weight is 393 g/mol. The number of carbonyl (C=O) groups excluding carboxylic acids is 2. The van der Waals surface area contributed by atoms with Crippen molar-refractivity contribution in [1.82, 2.24) is 5.32 Å². The Morgan fingerprint density at radius 3 is 2.55 bits per heavy atom. The average Bonchev–Trinajstić information content (AvgIpc) is 3.42. The van der Waals surface area contributed by atoms with Crippen LogP contribution < -0.4 is 19.9 Å². The van der Waals surface area contributed by atoms with Crippen LogP contribution in [0, 0.1) is 5.92 Å². The molecule has 4 rings (SSSR count). The number of hydrogen-bond acceptors (Lipinski definition) is 4. The Morgan fingerprint density at radius 1 is 1.10 bits per heavy atom. The van der Waals surface area contributed by atoms with Crippen molar-refractivity contribution in [3.8, 4) is 5.75 Å². The summed E-state index contributed by atoms with van der Waals surface area (Å²) in [7, 11) is 1.61. The third-order valence-electron chi connectivity index (χ3n) is 5.77. The van der Waals surface area contributed by atoms with Gasteiger partial charge in [-0.1, -0.05) is 18.2 Å². The fraction of sp³-hybridized carbons (Fsp3) is 0.391. The molecule has 2 aliphatic heterocycles. The molecular formula is C23H27N3O3. The summed E-state index contributed by atoms with van der Waals surface area (Å²) in [6.45, 7) is 3.03. The van der Waals surface area contributed by atoms with E-state index in [4.69, 9.17) is 4.74 Å². The van der Waals surface area contributed by atoms with Gasteiger partial charge in [-0.3, -0.25) is 9.59 Å². The fourth-order valence-corrected chi connectivity index (χ4v) is 4.15. The predicted octanol–water partition coefficient (Wildman–Crippen LogP) is 2.96. The van der Waals surface area contributed by atoms with Crippen molar-refractivity contribution in [1.29, 1.82) is 0 Å². The van der Waals surface area contributed by atoms with Crippen LogP contribution in [0.5, 0.6) is 5.75 Å². The molecule has 0 radical (unpaired) electrons. The van der Waals surface area contributed by atoms with E-state index in [1.165, 1.54) is 18.5 Å². The summed E-state index contributed by atoms with van der Waals surface area (Å²) in [4.78, 5) is 29.3. The molecule has 1 N–H and O–H groups in total. The summed E-state index contributed by atoms with van der Waals surface area (Å²) in [5.41, 5.74) is 3.12. The summed E-state index contributed by atoms with van der Waals surface area (Å²) in [6.07, 6.45) is 2.67. The maximum Gasteiger partial charge on any atom is 0.227 e. The second-order valence-electron chi connectivity index (χ2n) is 7.64. The van der Waals surface area contributed by atoms with E-state index in [2.05, 4.69) is 22.3 Å². The van der Waals surface area contributed by atoms with E-state index in [0.29, 0.717) is 13.1 Å². The van der Waals surface area contributed by atoms with Gasteiger partial charge in [-0.25, -0.2) is 0 Å². The number of ether oxygens (including phenoxy) is 1. The largest absolute Gasteiger partial charge is 0.497 e. The highest BCUT2D eigenvalue weighted by Crippen LogP contribution is 2.28. The second kappa shape index (κ2) is 8.55. The van der Waals surface area contributed by atoms with Crippen LogP contribution in [0.1, 0.15) is 24.8 Å². The Kier molecular flexibility index (Phi) is 5.69. The molecule has 0 saturated carbocycles. The molecule has 152 valence electrons. The van der Waals surface area contributed by atoms with Gasteiger partial charge in [0, 0.05) is 44.0 Å². The number of anilines is 2. The van der Waals surface area contributed by atoms with Gasteiger partial charge in [-0.15, -0.1) is 0 Å². The van der Waals surface area contributed by atoms with Gasteiger partial charge in [0.15, 0.2) is 0 Å².